The number of hydrogen-bond donors (Lipinski definition) is 9. The highest BCUT2D eigenvalue weighted by atomic mass is 19.4. The van der Waals surface area contributed by atoms with E-state index in [0.717, 1.165) is 20.8 Å². The molecule has 3 saturated heterocycles. The number of fused-ring (bicyclic) bond motifs is 6. The minimum atomic E-state index is -4.72. The van der Waals surface area contributed by atoms with Crippen molar-refractivity contribution in [2.45, 2.75) is 151 Å². The number of nitrogens with zero attached hydrogens (tertiary/aromatic N) is 12. The average molecular weight is 1560 g/mol. The Kier molecular flexibility index (Phi) is 21.0. The molecule has 9 N–H and O–H groups in total. The maximum Gasteiger partial charge on any atom is 0.417 e. The Bertz CT molecular complexity index is 4470. The van der Waals surface area contributed by atoms with E-state index in [4.69, 9.17) is 14.2 Å². The third-order valence-electron chi connectivity index (χ3n) is 21.8. The highest BCUT2D eigenvalue weighted by molar-refractivity contribution is 6.11. The van der Waals surface area contributed by atoms with E-state index in [1.807, 2.05) is 14.7 Å². The van der Waals surface area contributed by atoms with Gasteiger partial charge in [-0.2, -0.15) is 54.8 Å². The van der Waals surface area contributed by atoms with Gasteiger partial charge in [0.25, 0.3) is 17.7 Å². The number of aliphatic hydroxyl groups is 6. The number of piperidine rings is 3. The number of nitrogens with one attached hydrogen (secondary N) is 3. The van der Waals surface area contributed by atoms with Gasteiger partial charge in [0.05, 0.1) is 69.5 Å². The maximum atomic E-state index is 13.4. The van der Waals surface area contributed by atoms with Gasteiger partial charge in [-0.1, -0.05) is 0 Å². The lowest BCUT2D eigenvalue weighted by molar-refractivity contribution is -0.274. The molecule has 111 heavy (non-hydrogen) atoms. The van der Waals surface area contributed by atoms with Gasteiger partial charge in [0.2, 0.25) is 0 Å². The number of amides is 3. The van der Waals surface area contributed by atoms with Crippen LogP contribution in [0.2, 0.25) is 0 Å². The molecule has 1 unspecified atom stereocenters. The van der Waals surface area contributed by atoms with Crippen molar-refractivity contribution >= 4 is 68.8 Å². The summed E-state index contributed by atoms with van der Waals surface area (Å²) in [5, 5.41) is 83.1. The van der Waals surface area contributed by atoms with Gasteiger partial charge in [0, 0.05) is 114 Å². The summed E-state index contributed by atoms with van der Waals surface area (Å²) in [5.74, 6) is -2.57. The molecule has 3 aromatic carbocycles. The zero-order chi connectivity index (χ0) is 79.8. The molecule has 0 bridgehead atoms. The molecule has 6 aromatic heterocycles. The SMILES string of the molecule is CC1(O)COc2cc(N3CCC([C@@](C)(O)C(F)(F)F)CC3)c(NC(=O)c3cnn4cccnc34)cc2C1.C[C@@]1(O)COc2cc(N3CCC([C@](C)(O)C(F)(F)F)CC3)c(NC(=O)c3cnn4cccnc34)cc2C1.C[C@]1(O)COc2cc(N3CCC([C@](C)(O)C(F)(F)F)CC3)c(NC(=O)c3cnn4cccnc34)cc2C1. The standard InChI is InChI=1S/3C25H28F3N5O4/c3*1-23(35)12-15-10-18(31-22(34)17-13-30-33-7-3-6-29-21(17)33)19(11-20(15)37-14-23)32-8-4-16(5-9-32)24(2,36)25(26,27)28/h3*3,6-7,10-11,13,16,35-36H,4-5,8-9,12,14H2,1-2H3,(H,31,34)/t23?,24-;23-,24+;23-,24-/m110/s1. The zero-order valence-electron chi connectivity index (χ0n) is 61.3. The Hall–Kier alpha value is -10.1. The number of benzene rings is 3. The monoisotopic (exact) mass is 1560 g/mol. The number of carbonyl (C=O) groups excluding carboxylic acids is 3. The molecule has 36 heteroatoms. The number of halogens is 9. The van der Waals surface area contributed by atoms with Crippen molar-refractivity contribution in [3.05, 3.63) is 144 Å². The van der Waals surface area contributed by atoms with Crippen molar-refractivity contribution in [1.82, 2.24) is 43.8 Å². The second-order valence-electron chi connectivity index (χ2n) is 30.7. The summed E-state index contributed by atoms with van der Waals surface area (Å²) in [6.45, 7) is 9.18. The summed E-state index contributed by atoms with van der Waals surface area (Å²) in [6, 6.07) is 15.5. The van der Waals surface area contributed by atoms with Crippen LogP contribution in [0.5, 0.6) is 17.2 Å². The van der Waals surface area contributed by atoms with E-state index >= 15 is 0 Å². The second-order valence-corrected chi connectivity index (χ2v) is 30.7. The molecule has 12 heterocycles. The van der Waals surface area contributed by atoms with E-state index < -0.39 is 87.6 Å². The molecule has 3 fully saturated rings. The first-order valence-corrected chi connectivity index (χ1v) is 36.0. The lowest BCUT2D eigenvalue weighted by Gasteiger charge is -2.41. The molecule has 9 aromatic rings. The summed E-state index contributed by atoms with van der Waals surface area (Å²) in [5.41, 5.74) is -4.54. The number of ether oxygens (including phenoxy) is 3. The van der Waals surface area contributed by atoms with Crippen LogP contribution in [-0.2, 0) is 19.3 Å². The van der Waals surface area contributed by atoms with Crippen molar-refractivity contribution in [2.24, 2.45) is 17.8 Å². The summed E-state index contributed by atoms with van der Waals surface area (Å²) in [6.07, 6.45) is 1.34. The Labute approximate surface area is 629 Å². The number of aromatic nitrogens is 9. The fourth-order valence-corrected chi connectivity index (χ4v) is 15.1. The molecular formula is C75H84F9N15O12. The van der Waals surface area contributed by atoms with Gasteiger partial charge in [0.15, 0.2) is 33.7 Å². The van der Waals surface area contributed by atoms with Gasteiger partial charge in [0.1, 0.15) is 53.8 Å². The van der Waals surface area contributed by atoms with Crippen molar-refractivity contribution in [3.63, 3.8) is 0 Å². The van der Waals surface area contributed by atoms with Crippen molar-refractivity contribution in [2.75, 3.05) is 89.7 Å². The predicted molar refractivity (Wildman–Crippen MR) is 386 cm³/mol. The van der Waals surface area contributed by atoms with Gasteiger partial charge in [-0.15, -0.1) is 0 Å². The Morgan fingerprint density at radius 2 is 0.667 bits per heavy atom. The Morgan fingerprint density at radius 3 is 0.901 bits per heavy atom. The first kappa shape index (κ1) is 79.0. The molecule has 594 valence electrons. The lowest BCUT2D eigenvalue weighted by atomic mass is 9.81. The van der Waals surface area contributed by atoms with Crippen LogP contribution in [0.1, 0.15) is 128 Å². The van der Waals surface area contributed by atoms with Gasteiger partial charge in [-0.25, -0.2) is 28.5 Å². The van der Waals surface area contributed by atoms with E-state index in [2.05, 4.69) is 46.2 Å². The number of alkyl halides is 9. The van der Waals surface area contributed by atoms with E-state index in [-0.39, 0.29) is 114 Å². The molecule has 6 aliphatic heterocycles. The van der Waals surface area contributed by atoms with Gasteiger partial charge in [-0.3, -0.25) is 14.4 Å². The van der Waals surface area contributed by atoms with Crippen molar-refractivity contribution in [1.29, 1.82) is 0 Å². The highest BCUT2D eigenvalue weighted by Crippen LogP contribution is 2.49. The normalized spacial score (nSPS) is 22.3. The van der Waals surface area contributed by atoms with Gasteiger partial charge >= 0.3 is 18.5 Å². The van der Waals surface area contributed by atoms with E-state index in [0.29, 0.717) is 104 Å². The number of rotatable bonds is 12. The third kappa shape index (κ3) is 16.3. The summed E-state index contributed by atoms with van der Waals surface area (Å²) >= 11 is 0. The van der Waals surface area contributed by atoms with Crippen molar-refractivity contribution in [3.8, 4) is 17.2 Å². The number of anilines is 6. The van der Waals surface area contributed by atoms with Crippen LogP contribution >= 0.6 is 0 Å². The van der Waals surface area contributed by atoms with E-state index in [9.17, 15) is 84.5 Å². The van der Waals surface area contributed by atoms with Crippen LogP contribution in [0.4, 0.5) is 73.6 Å². The Balaban J connectivity index is 0.000000146. The first-order chi connectivity index (χ1) is 52.1. The van der Waals surface area contributed by atoms with Gasteiger partial charge < -0.3 is 75.5 Å². The number of carbonyl (C=O) groups is 3. The number of hydrogen-bond acceptors (Lipinski definition) is 21. The molecule has 3 amide bonds. The van der Waals surface area contributed by atoms with Crippen LogP contribution in [0, 0.1) is 17.8 Å². The quantitative estimate of drug-likeness (QED) is 0.0514. The zero-order valence-corrected chi connectivity index (χ0v) is 61.3. The topological polar surface area (TPSA) is 337 Å². The minimum Gasteiger partial charge on any atom is -0.490 e. The molecule has 27 nitrogen and oxygen atoms in total. The second kappa shape index (κ2) is 29.5. The first-order valence-electron chi connectivity index (χ1n) is 36.0. The van der Waals surface area contributed by atoms with Crippen LogP contribution in [0.25, 0.3) is 16.9 Å². The molecule has 0 spiro atoms. The van der Waals surface area contributed by atoms with Crippen LogP contribution < -0.4 is 44.9 Å². The minimum absolute atomic E-state index is 0.0930. The van der Waals surface area contributed by atoms with Crippen LogP contribution in [0.15, 0.2) is 110 Å². The molecule has 0 saturated carbocycles. The maximum absolute atomic E-state index is 13.4. The Morgan fingerprint density at radius 1 is 0.423 bits per heavy atom. The molecule has 0 aliphatic carbocycles. The van der Waals surface area contributed by atoms with E-state index in [1.54, 1.807) is 113 Å². The summed E-state index contributed by atoms with van der Waals surface area (Å²) in [4.78, 5) is 58.0. The molecular weight excluding hydrogens is 1470 g/mol. The average Bonchev–Trinajstić information content (AvgIpc) is 1.71. The molecule has 0 radical (unpaired) electrons. The van der Waals surface area contributed by atoms with Gasteiger partial charge in [-0.05, 0) is 151 Å². The summed E-state index contributed by atoms with van der Waals surface area (Å²) in [7, 11) is 0. The lowest BCUT2D eigenvalue weighted by Crippen LogP contribution is -2.52. The molecule has 6 atom stereocenters. The van der Waals surface area contributed by atoms with Crippen LogP contribution in [0.3, 0.4) is 0 Å². The summed E-state index contributed by atoms with van der Waals surface area (Å²) < 4.78 is 142. The smallest absolute Gasteiger partial charge is 0.417 e. The largest absolute Gasteiger partial charge is 0.490 e. The molecule has 6 aliphatic rings. The highest BCUT2D eigenvalue weighted by Gasteiger charge is 2.57. The third-order valence-corrected chi connectivity index (χ3v) is 21.8. The fraction of sp³-hybridized carbons (Fsp3) is 0.480. The predicted octanol–water partition coefficient (Wildman–Crippen LogP) is 9.59. The fourth-order valence-electron chi connectivity index (χ4n) is 15.1. The van der Waals surface area contributed by atoms with E-state index in [1.165, 1.54) is 32.1 Å². The molecule has 15 rings (SSSR count). The van der Waals surface area contributed by atoms with Crippen molar-refractivity contribution < 1.29 is 98.7 Å². The van der Waals surface area contributed by atoms with Crippen LogP contribution in [-0.4, -0.2) is 203 Å².